The van der Waals surface area contributed by atoms with Gasteiger partial charge in [0.05, 0.1) is 11.3 Å². The van der Waals surface area contributed by atoms with Gasteiger partial charge < -0.3 is 15.0 Å². The third-order valence-electron chi connectivity index (χ3n) is 7.29. The molecule has 4 nitrogen and oxygen atoms in total. The Morgan fingerprint density at radius 1 is 1.15 bits per heavy atom. The van der Waals surface area contributed by atoms with E-state index < -0.39 is 5.92 Å². The lowest BCUT2D eigenvalue weighted by molar-refractivity contribution is 0.0680. The van der Waals surface area contributed by atoms with Gasteiger partial charge in [0.15, 0.2) is 0 Å². The van der Waals surface area contributed by atoms with Crippen LogP contribution in [0, 0.1) is 6.92 Å². The first kappa shape index (κ1) is 33.1. The highest BCUT2D eigenvalue weighted by Crippen LogP contribution is 2.47. The summed E-state index contributed by atoms with van der Waals surface area (Å²) in [4.78, 5) is 6.75. The van der Waals surface area contributed by atoms with Crippen LogP contribution in [0.2, 0.25) is 0 Å². The predicted octanol–water partition coefficient (Wildman–Crippen LogP) is 9.16. The second kappa shape index (κ2) is 15.6. The molecule has 1 saturated carbocycles. The summed E-state index contributed by atoms with van der Waals surface area (Å²) in [5.74, 6) is -1.49. The average Bonchev–Trinajstić information content (AvgIpc) is 3.71. The van der Waals surface area contributed by atoms with E-state index in [0.717, 1.165) is 50.6 Å². The van der Waals surface area contributed by atoms with Gasteiger partial charge in [-0.2, -0.15) is 0 Å². The topological polar surface area (TPSA) is 36.9 Å². The number of anilines is 1. The number of ether oxygens (including phenoxy) is 1. The first-order valence-electron chi connectivity index (χ1n) is 14.6. The SMILES string of the molecule is C=N/C(=C\C=C(/CC)OCC(/C=C\C(=C)C(C)(F)F)=C/C)NC1(c2ccc(N(CCC)CCCC)c(C)c2)CC1. The number of hydrogen-bond donors (Lipinski definition) is 1. The van der Waals surface area contributed by atoms with Crippen LogP contribution in [0.3, 0.4) is 0 Å². The van der Waals surface area contributed by atoms with Gasteiger partial charge in [-0.15, -0.1) is 0 Å². The summed E-state index contributed by atoms with van der Waals surface area (Å²) in [5, 5.41) is 3.62. The monoisotopic (exact) mass is 553 g/mol. The minimum absolute atomic E-state index is 0.136. The van der Waals surface area contributed by atoms with E-state index in [4.69, 9.17) is 4.74 Å². The van der Waals surface area contributed by atoms with E-state index in [9.17, 15) is 8.78 Å². The van der Waals surface area contributed by atoms with Crippen LogP contribution in [0.5, 0.6) is 0 Å². The molecule has 0 saturated heterocycles. The molecule has 0 radical (unpaired) electrons. The summed E-state index contributed by atoms with van der Waals surface area (Å²) in [7, 11) is 0. The van der Waals surface area contributed by atoms with E-state index >= 15 is 0 Å². The van der Waals surface area contributed by atoms with Crippen molar-refractivity contribution in [1.82, 2.24) is 5.32 Å². The minimum Gasteiger partial charge on any atom is -0.493 e. The largest absolute Gasteiger partial charge is 0.493 e. The smallest absolute Gasteiger partial charge is 0.269 e. The van der Waals surface area contributed by atoms with E-state index in [1.807, 2.05) is 32.1 Å². The van der Waals surface area contributed by atoms with Crippen molar-refractivity contribution >= 4 is 12.4 Å². The zero-order valence-electron chi connectivity index (χ0n) is 25.5. The summed E-state index contributed by atoms with van der Waals surface area (Å²) in [6.07, 6.45) is 14.9. The van der Waals surface area contributed by atoms with Crippen molar-refractivity contribution in [3.05, 3.63) is 89.0 Å². The highest BCUT2D eigenvalue weighted by atomic mass is 19.3. The van der Waals surface area contributed by atoms with E-state index in [1.54, 1.807) is 6.08 Å². The molecule has 220 valence electrons. The van der Waals surface area contributed by atoms with E-state index in [-0.39, 0.29) is 17.7 Å². The summed E-state index contributed by atoms with van der Waals surface area (Å²) in [6, 6.07) is 6.84. The van der Waals surface area contributed by atoms with Crippen LogP contribution in [0.25, 0.3) is 0 Å². The van der Waals surface area contributed by atoms with Crippen LogP contribution in [0.15, 0.2) is 82.9 Å². The second-order valence-electron chi connectivity index (χ2n) is 10.6. The van der Waals surface area contributed by atoms with E-state index in [2.05, 4.69) is 67.5 Å². The molecule has 0 spiro atoms. The van der Waals surface area contributed by atoms with Crippen LogP contribution in [0.1, 0.15) is 84.3 Å². The normalized spacial score (nSPS) is 15.8. The van der Waals surface area contributed by atoms with Crippen molar-refractivity contribution in [3.63, 3.8) is 0 Å². The average molecular weight is 554 g/mol. The van der Waals surface area contributed by atoms with Gasteiger partial charge in [-0.1, -0.05) is 64.1 Å². The molecule has 0 atom stereocenters. The number of unbranched alkanes of at least 4 members (excludes halogenated alkanes) is 1. The van der Waals surface area contributed by atoms with Gasteiger partial charge in [0.1, 0.15) is 12.4 Å². The molecule has 0 aliphatic heterocycles. The van der Waals surface area contributed by atoms with Crippen molar-refractivity contribution in [2.45, 2.75) is 91.5 Å². The van der Waals surface area contributed by atoms with Crippen molar-refractivity contribution < 1.29 is 13.5 Å². The van der Waals surface area contributed by atoms with Crippen molar-refractivity contribution in [1.29, 1.82) is 0 Å². The lowest BCUT2D eigenvalue weighted by Gasteiger charge is -2.27. The van der Waals surface area contributed by atoms with Crippen LogP contribution in [0.4, 0.5) is 14.5 Å². The van der Waals surface area contributed by atoms with E-state index in [1.165, 1.54) is 35.7 Å². The number of allylic oxidation sites excluding steroid dienone is 6. The van der Waals surface area contributed by atoms with Crippen LogP contribution < -0.4 is 10.2 Å². The lowest BCUT2D eigenvalue weighted by Crippen LogP contribution is -2.29. The van der Waals surface area contributed by atoms with Crippen LogP contribution >= 0.6 is 0 Å². The Bertz CT molecular complexity index is 1120. The molecule has 1 fully saturated rings. The number of aliphatic imine (C=N–C) groups is 1. The molecule has 2 rings (SSSR count). The zero-order valence-corrected chi connectivity index (χ0v) is 25.5. The maximum atomic E-state index is 13.4. The van der Waals surface area contributed by atoms with E-state index in [0.29, 0.717) is 12.2 Å². The molecule has 1 aromatic rings. The second-order valence-corrected chi connectivity index (χ2v) is 10.6. The highest BCUT2D eigenvalue weighted by Gasteiger charge is 2.45. The molecule has 1 aliphatic rings. The molecule has 0 aromatic heterocycles. The van der Waals surface area contributed by atoms with Crippen molar-refractivity contribution in [2.24, 2.45) is 4.99 Å². The summed E-state index contributed by atoms with van der Waals surface area (Å²) in [5.41, 5.74) is 4.31. The fraction of sp³-hybridized carbons (Fsp3) is 0.500. The third kappa shape index (κ3) is 9.79. The van der Waals surface area contributed by atoms with Gasteiger partial charge in [0.2, 0.25) is 0 Å². The van der Waals surface area contributed by atoms with Crippen molar-refractivity contribution in [3.8, 4) is 0 Å². The first-order valence-corrected chi connectivity index (χ1v) is 14.6. The Kier molecular flexibility index (Phi) is 12.9. The summed E-state index contributed by atoms with van der Waals surface area (Å²) < 4.78 is 32.7. The first-order chi connectivity index (χ1) is 19.0. The third-order valence-corrected chi connectivity index (χ3v) is 7.29. The number of alkyl halides is 2. The van der Waals surface area contributed by atoms with Gasteiger partial charge in [-0.3, -0.25) is 0 Å². The van der Waals surface area contributed by atoms with Crippen LogP contribution in [-0.2, 0) is 10.3 Å². The molecule has 1 aromatic carbocycles. The molecule has 0 bridgehead atoms. The number of nitrogens with zero attached hydrogens (tertiary/aromatic N) is 2. The number of nitrogens with one attached hydrogen (secondary N) is 1. The summed E-state index contributed by atoms with van der Waals surface area (Å²) in [6.45, 7) is 21.0. The Balaban J connectivity index is 2.12. The lowest BCUT2D eigenvalue weighted by atomic mass is 10.0. The maximum Gasteiger partial charge on any atom is 0.269 e. The Labute approximate surface area is 241 Å². The van der Waals surface area contributed by atoms with Crippen molar-refractivity contribution in [2.75, 3.05) is 24.6 Å². The number of halogens is 2. The molecule has 0 unspecified atom stereocenters. The maximum absolute atomic E-state index is 13.4. The summed E-state index contributed by atoms with van der Waals surface area (Å²) >= 11 is 0. The molecule has 6 heteroatoms. The number of hydrogen-bond acceptors (Lipinski definition) is 4. The Morgan fingerprint density at radius 3 is 2.40 bits per heavy atom. The molecule has 40 heavy (non-hydrogen) atoms. The zero-order chi connectivity index (χ0) is 29.8. The molecule has 1 N–H and O–H groups in total. The van der Waals surface area contributed by atoms with Crippen LogP contribution in [-0.4, -0.2) is 32.3 Å². The number of benzene rings is 1. The highest BCUT2D eigenvalue weighted by molar-refractivity contribution is 5.56. The fourth-order valence-corrected chi connectivity index (χ4v) is 4.47. The van der Waals surface area contributed by atoms with Gasteiger partial charge in [0, 0.05) is 37.7 Å². The van der Waals surface area contributed by atoms with Gasteiger partial charge in [0.25, 0.3) is 5.92 Å². The Morgan fingerprint density at radius 2 is 1.88 bits per heavy atom. The minimum atomic E-state index is -2.94. The van der Waals surface area contributed by atoms with Gasteiger partial charge >= 0.3 is 0 Å². The molecule has 0 heterocycles. The molecule has 0 amide bonds. The number of aryl methyl sites for hydroxylation is 1. The standard InChI is InChI=1S/C34H49F2N3O/c1-9-13-23-39(22-10-2)31-18-16-29(24-26(31)5)34(20-21-34)38-32(37-8)19-17-30(12-4)40-25-28(11-3)15-14-27(6)33(7,35)36/h11,14-19,24,38H,6,8-10,12-13,20-23,25H2,1-5,7H3/b15-14-,28-11+,30-17+,32-19+. The van der Waals surface area contributed by atoms with Gasteiger partial charge in [-0.05, 0) is 81.2 Å². The number of rotatable bonds is 18. The molecular formula is C34H49F2N3O. The Hall–Kier alpha value is -3.15. The van der Waals surface area contributed by atoms with Gasteiger partial charge in [-0.25, -0.2) is 13.8 Å². The predicted molar refractivity (Wildman–Crippen MR) is 167 cm³/mol. The fourth-order valence-electron chi connectivity index (χ4n) is 4.47. The molecule has 1 aliphatic carbocycles. The quantitative estimate of drug-likeness (QED) is 0.112. The molecular weight excluding hydrogens is 504 g/mol.